The zero-order valence-corrected chi connectivity index (χ0v) is 18.4. The van der Waals surface area contributed by atoms with Crippen LogP contribution < -0.4 is 0 Å². The van der Waals surface area contributed by atoms with Gasteiger partial charge in [0, 0.05) is 35.1 Å². The van der Waals surface area contributed by atoms with Gasteiger partial charge in [-0.15, -0.1) is 0 Å². The summed E-state index contributed by atoms with van der Waals surface area (Å²) in [7, 11) is 0. The van der Waals surface area contributed by atoms with Crippen LogP contribution in [0.4, 0.5) is 0 Å². The third-order valence-electron chi connectivity index (χ3n) is 6.31. The van der Waals surface area contributed by atoms with E-state index in [-0.39, 0.29) is 0 Å². The summed E-state index contributed by atoms with van der Waals surface area (Å²) in [5, 5.41) is 13.4. The van der Waals surface area contributed by atoms with Gasteiger partial charge in [-0.2, -0.15) is 0 Å². The van der Waals surface area contributed by atoms with Crippen LogP contribution in [0.3, 0.4) is 0 Å². The van der Waals surface area contributed by atoms with Gasteiger partial charge in [0.2, 0.25) is 0 Å². The topological polar surface area (TPSA) is 28.4 Å². The lowest BCUT2D eigenvalue weighted by molar-refractivity contribution is 0.331. The van der Waals surface area contributed by atoms with E-state index < -0.39 is 0 Å². The van der Waals surface area contributed by atoms with E-state index in [2.05, 4.69) is 41.3 Å². The number of nitrogens with zero attached hydrogens (tertiary/aromatic N) is 2. The van der Waals surface area contributed by atoms with Crippen LogP contribution in [0.5, 0.6) is 5.88 Å². The van der Waals surface area contributed by atoms with Crippen LogP contribution in [0.15, 0.2) is 72.9 Å². The standard InChI is InChI=1S/C27H27ClN2O/c28-25-10-7-22(8-11-25)23-9-12-26-24(17-23)19-30(27(26)31)16-13-20-3-5-21(6-4-20)18-29-14-1-2-15-29/h3-12,17,19,31H,1-2,13-16,18H2. The Hall–Kier alpha value is -2.75. The molecule has 0 aliphatic carbocycles. The van der Waals surface area contributed by atoms with Crippen molar-refractivity contribution in [3.8, 4) is 17.0 Å². The summed E-state index contributed by atoms with van der Waals surface area (Å²) in [6.45, 7) is 4.26. The largest absolute Gasteiger partial charge is 0.494 e. The van der Waals surface area contributed by atoms with Gasteiger partial charge in [0.05, 0.1) is 0 Å². The molecule has 1 saturated heterocycles. The molecule has 0 atom stereocenters. The van der Waals surface area contributed by atoms with Crippen molar-refractivity contribution in [3.05, 3.63) is 89.1 Å². The molecule has 0 bridgehead atoms. The molecule has 3 nitrogen and oxygen atoms in total. The van der Waals surface area contributed by atoms with Gasteiger partial charge in [0.1, 0.15) is 0 Å². The number of rotatable bonds is 6. The number of hydrogen-bond donors (Lipinski definition) is 1. The van der Waals surface area contributed by atoms with Crippen molar-refractivity contribution in [1.29, 1.82) is 0 Å². The van der Waals surface area contributed by atoms with Gasteiger partial charge in [-0.25, -0.2) is 0 Å². The van der Waals surface area contributed by atoms with Crippen molar-refractivity contribution in [1.82, 2.24) is 9.47 Å². The summed E-state index contributed by atoms with van der Waals surface area (Å²) in [6.07, 6.45) is 5.59. The normalized spacial score (nSPS) is 14.5. The third kappa shape index (κ3) is 4.48. The molecular formula is C27H27ClN2O. The number of aromatic hydroxyl groups is 1. The number of benzene rings is 3. The Balaban J connectivity index is 1.28. The Labute approximate surface area is 188 Å². The zero-order valence-electron chi connectivity index (χ0n) is 17.6. The van der Waals surface area contributed by atoms with Gasteiger partial charge in [-0.3, -0.25) is 4.90 Å². The molecule has 1 aliphatic heterocycles. The number of hydrogen-bond acceptors (Lipinski definition) is 2. The highest BCUT2D eigenvalue weighted by molar-refractivity contribution is 6.30. The smallest absolute Gasteiger partial charge is 0.199 e. The predicted octanol–water partition coefficient (Wildman–Crippen LogP) is 6.51. The summed E-state index contributed by atoms with van der Waals surface area (Å²) < 4.78 is 1.95. The highest BCUT2D eigenvalue weighted by atomic mass is 35.5. The average Bonchev–Trinajstić information content (AvgIpc) is 3.41. The van der Waals surface area contributed by atoms with Crippen LogP contribution >= 0.6 is 11.6 Å². The van der Waals surface area contributed by atoms with Crippen molar-refractivity contribution in [2.45, 2.75) is 32.4 Å². The number of aromatic nitrogens is 1. The lowest BCUT2D eigenvalue weighted by Gasteiger charge is -2.14. The quantitative estimate of drug-likeness (QED) is 0.378. The van der Waals surface area contributed by atoms with Crippen molar-refractivity contribution >= 4 is 22.4 Å². The van der Waals surface area contributed by atoms with Gasteiger partial charge in [-0.1, -0.05) is 54.1 Å². The fraction of sp³-hybridized carbons (Fsp3) is 0.259. The molecule has 3 aromatic carbocycles. The van der Waals surface area contributed by atoms with Crippen LogP contribution in [-0.2, 0) is 19.5 Å². The summed E-state index contributed by atoms with van der Waals surface area (Å²) in [5.41, 5.74) is 4.92. The van der Waals surface area contributed by atoms with E-state index in [0.717, 1.165) is 46.4 Å². The molecule has 2 heterocycles. The van der Waals surface area contributed by atoms with E-state index >= 15 is 0 Å². The van der Waals surface area contributed by atoms with Crippen molar-refractivity contribution in [2.24, 2.45) is 0 Å². The third-order valence-corrected chi connectivity index (χ3v) is 6.56. The monoisotopic (exact) mass is 430 g/mol. The fourth-order valence-corrected chi connectivity index (χ4v) is 4.64. The number of fused-ring (bicyclic) bond motifs is 1. The van der Waals surface area contributed by atoms with E-state index in [0.29, 0.717) is 5.88 Å². The van der Waals surface area contributed by atoms with Gasteiger partial charge >= 0.3 is 0 Å². The molecule has 31 heavy (non-hydrogen) atoms. The molecule has 4 heteroatoms. The number of likely N-dealkylation sites (tertiary alicyclic amines) is 1. The molecule has 1 aliphatic rings. The number of aryl methyl sites for hydroxylation is 2. The maximum Gasteiger partial charge on any atom is 0.199 e. The molecule has 1 fully saturated rings. The van der Waals surface area contributed by atoms with E-state index in [1.807, 2.05) is 41.1 Å². The van der Waals surface area contributed by atoms with E-state index in [1.165, 1.54) is 37.1 Å². The first kappa shape index (κ1) is 20.2. The average molecular weight is 431 g/mol. The van der Waals surface area contributed by atoms with Gasteiger partial charge in [0.25, 0.3) is 0 Å². The highest BCUT2D eigenvalue weighted by Crippen LogP contribution is 2.32. The summed E-state index contributed by atoms with van der Waals surface area (Å²) in [4.78, 5) is 2.52. The second-order valence-electron chi connectivity index (χ2n) is 8.50. The first-order valence-corrected chi connectivity index (χ1v) is 11.4. The van der Waals surface area contributed by atoms with Gasteiger partial charge < -0.3 is 9.67 Å². The maximum absolute atomic E-state index is 10.7. The minimum absolute atomic E-state index is 0.336. The summed E-state index contributed by atoms with van der Waals surface area (Å²) in [5.74, 6) is 0.336. The van der Waals surface area contributed by atoms with Crippen LogP contribution in [0, 0.1) is 0 Å². The van der Waals surface area contributed by atoms with Crippen LogP contribution in [-0.4, -0.2) is 27.7 Å². The molecule has 5 rings (SSSR count). The highest BCUT2D eigenvalue weighted by Gasteiger charge is 2.12. The molecule has 0 radical (unpaired) electrons. The lowest BCUT2D eigenvalue weighted by atomic mass is 10.0. The molecule has 0 unspecified atom stereocenters. The van der Waals surface area contributed by atoms with Crippen molar-refractivity contribution in [3.63, 3.8) is 0 Å². The zero-order chi connectivity index (χ0) is 21.2. The molecule has 1 N–H and O–H groups in total. The van der Waals surface area contributed by atoms with E-state index in [4.69, 9.17) is 11.6 Å². The number of halogens is 1. The van der Waals surface area contributed by atoms with E-state index in [1.54, 1.807) is 0 Å². The van der Waals surface area contributed by atoms with Crippen LogP contribution in [0.1, 0.15) is 24.0 Å². The Morgan fingerprint density at radius 2 is 1.48 bits per heavy atom. The van der Waals surface area contributed by atoms with Gasteiger partial charge in [-0.05, 0) is 78.9 Å². The van der Waals surface area contributed by atoms with Crippen LogP contribution in [0.25, 0.3) is 21.9 Å². The van der Waals surface area contributed by atoms with Gasteiger partial charge in [0.15, 0.2) is 5.88 Å². The molecular weight excluding hydrogens is 404 g/mol. The Kier molecular flexibility index (Phi) is 5.71. The Morgan fingerprint density at radius 3 is 2.23 bits per heavy atom. The minimum Gasteiger partial charge on any atom is -0.494 e. The van der Waals surface area contributed by atoms with Crippen LogP contribution in [0.2, 0.25) is 5.02 Å². The van der Waals surface area contributed by atoms with Crippen molar-refractivity contribution in [2.75, 3.05) is 13.1 Å². The molecule has 158 valence electrons. The fourth-order valence-electron chi connectivity index (χ4n) is 4.51. The SMILES string of the molecule is Oc1c2ccc(-c3ccc(Cl)cc3)cc2cn1CCc1ccc(CN2CCCC2)cc1. The molecule has 0 spiro atoms. The predicted molar refractivity (Wildman–Crippen MR) is 129 cm³/mol. The maximum atomic E-state index is 10.7. The Morgan fingerprint density at radius 1 is 0.806 bits per heavy atom. The van der Waals surface area contributed by atoms with Crippen molar-refractivity contribution < 1.29 is 5.11 Å². The summed E-state index contributed by atoms with van der Waals surface area (Å²) in [6, 6.07) is 23.0. The molecule has 0 amide bonds. The van der Waals surface area contributed by atoms with E-state index in [9.17, 15) is 5.11 Å². The molecule has 0 saturated carbocycles. The first-order valence-electron chi connectivity index (χ1n) is 11.0. The Bertz CT molecular complexity index is 1170. The summed E-state index contributed by atoms with van der Waals surface area (Å²) >= 11 is 6.01. The second kappa shape index (κ2) is 8.78. The first-order chi connectivity index (χ1) is 15.2. The molecule has 1 aromatic heterocycles. The lowest BCUT2D eigenvalue weighted by Crippen LogP contribution is -2.18. The minimum atomic E-state index is 0.336. The molecule has 4 aromatic rings. The second-order valence-corrected chi connectivity index (χ2v) is 8.94.